The van der Waals surface area contributed by atoms with Gasteiger partial charge in [-0.1, -0.05) is 34.1 Å². The number of aromatic amines is 1. The van der Waals surface area contributed by atoms with Crippen LogP contribution in [0.15, 0.2) is 63.7 Å². The molecule has 112 valence electrons. The minimum absolute atomic E-state index is 0.110. The van der Waals surface area contributed by atoms with Gasteiger partial charge in [-0.2, -0.15) is 0 Å². The smallest absolute Gasteiger partial charge is 0.214 e. The predicted molar refractivity (Wildman–Crippen MR) is 98.9 cm³/mol. The maximum Gasteiger partial charge on any atom is 0.214 e. The standard InChI is InChI=1S/C18H10Br2N2O/c19-10-5-6-13(14(20)9-10)18(23)17-16-12(7-8-21-17)11-3-1-2-4-15(11)22-16/h1-9,22H. The fourth-order valence-electron chi connectivity index (χ4n) is 2.75. The van der Waals surface area contributed by atoms with Gasteiger partial charge >= 0.3 is 0 Å². The van der Waals surface area contributed by atoms with Crippen LogP contribution in [0.25, 0.3) is 21.8 Å². The lowest BCUT2D eigenvalue weighted by atomic mass is 10.1. The Morgan fingerprint density at radius 2 is 1.83 bits per heavy atom. The van der Waals surface area contributed by atoms with Gasteiger partial charge in [-0.05, 0) is 46.3 Å². The van der Waals surface area contributed by atoms with Crippen molar-refractivity contribution in [1.82, 2.24) is 9.97 Å². The first-order valence-corrected chi connectivity index (χ1v) is 8.59. The average Bonchev–Trinajstić information content (AvgIpc) is 2.93. The zero-order chi connectivity index (χ0) is 16.0. The molecule has 0 saturated carbocycles. The maximum atomic E-state index is 12.9. The number of para-hydroxylation sites is 1. The molecule has 0 bridgehead atoms. The summed E-state index contributed by atoms with van der Waals surface area (Å²) in [6.07, 6.45) is 1.68. The Kier molecular flexibility index (Phi) is 3.54. The fraction of sp³-hybridized carbons (Fsp3) is 0. The van der Waals surface area contributed by atoms with Gasteiger partial charge in [0.2, 0.25) is 5.78 Å². The lowest BCUT2D eigenvalue weighted by molar-refractivity contribution is 0.103. The Labute approximate surface area is 149 Å². The van der Waals surface area contributed by atoms with E-state index in [-0.39, 0.29) is 5.78 Å². The molecular formula is C18H10Br2N2O. The summed E-state index contributed by atoms with van der Waals surface area (Å²) in [4.78, 5) is 20.6. The molecule has 3 nitrogen and oxygen atoms in total. The first kappa shape index (κ1) is 14.6. The fourth-order valence-corrected chi connectivity index (χ4v) is 3.97. The number of nitrogens with zero attached hydrogens (tertiary/aromatic N) is 1. The lowest BCUT2D eigenvalue weighted by Gasteiger charge is -2.05. The summed E-state index contributed by atoms with van der Waals surface area (Å²) >= 11 is 6.86. The van der Waals surface area contributed by atoms with Crippen LogP contribution in [0.2, 0.25) is 0 Å². The van der Waals surface area contributed by atoms with Crippen LogP contribution in [0.1, 0.15) is 16.1 Å². The van der Waals surface area contributed by atoms with E-state index in [1.54, 1.807) is 12.3 Å². The average molecular weight is 430 g/mol. The number of nitrogens with one attached hydrogen (secondary N) is 1. The summed E-state index contributed by atoms with van der Waals surface area (Å²) in [6.45, 7) is 0. The van der Waals surface area contributed by atoms with E-state index in [4.69, 9.17) is 0 Å². The van der Waals surface area contributed by atoms with E-state index < -0.39 is 0 Å². The van der Waals surface area contributed by atoms with Crippen molar-refractivity contribution in [3.63, 3.8) is 0 Å². The van der Waals surface area contributed by atoms with Crippen molar-refractivity contribution < 1.29 is 4.79 Å². The number of carbonyl (C=O) groups is 1. The van der Waals surface area contributed by atoms with Gasteiger partial charge in [-0.25, -0.2) is 0 Å². The molecule has 0 aliphatic heterocycles. The Bertz CT molecular complexity index is 1070. The molecule has 4 rings (SSSR count). The molecule has 0 fully saturated rings. The van der Waals surface area contributed by atoms with E-state index in [1.165, 1.54) is 0 Å². The third-order valence-corrected chi connectivity index (χ3v) is 4.97. The van der Waals surface area contributed by atoms with Crippen molar-refractivity contribution in [3.05, 3.63) is 74.9 Å². The second-order valence-electron chi connectivity index (χ2n) is 5.21. The molecule has 0 unspecified atom stereocenters. The van der Waals surface area contributed by atoms with E-state index in [0.717, 1.165) is 30.8 Å². The molecule has 2 aromatic heterocycles. The van der Waals surface area contributed by atoms with Gasteiger partial charge in [0.25, 0.3) is 0 Å². The Hall–Kier alpha value is -1.98. The van der Waals surface area contributed by atoms with E-state index in [9.17, 15) is 4.79 Å². The number of benzene rings is 2. The molecule has 2 heterocycles. The number of halogens is 2. The highest BCUT2D eigenvalue weighted by atomic mass is 79.9. The minimum Gasteiger partial charge on any atom is -0.353 e. The summed E-state index contributed by atoms with van der Waals surface area (Å²) in [5.74, 6) is -0.110. The first-order chi connectivity index (χ1) is 11.1. The van der Waals surface area contributed by atoms with Crippen LogP contribution in [0.4, 0.5) is 0 Å². The Morgan fingerprint density at radius 1 is 1.00 bits per heavy atom. The van der Waals surface area contributed by atoms with Crippen molar-refractivity contribution in [2.45, 2.75) is 0 Å². The quantitative estimate of drug-likeness (QED) is 0.429. The molecule has 5 heteroatoms. The van der Waals surface area contributed by atoms with Crippen LogP contribution in [0.3, 0.4) is 0 Å². The van der Waals surface area contributed by atoms with Crippen molar-refractivity contribution in [2.75, 3.05) is 0 Å². The SMILES string of the molecule is O=C(c1ccc(Br)cc1Br)c1nccc2c1[nH]c1ccccc12. The molecular weight excluding hydrogens is 420 g/mol. The predicted octanol–water partition coefficient (Wildman–Crippen LogP) is 5.47. The number of aromatic nitrogens is 2. The molecule has 4 aromatic rings. The van der Waals surface area contributed by atoms with Crippen LogP contribution < -0.4 is 0 Å². The van der Waals surface area contributed by atoms with E-state index in [0.29, 0.717) is 11.3 Å². The molecule has 0 amide bonds. The number of ketones is 1. The minimum atomic E-state index is -0.110. The van der Waals surface area contributed by atoms with Crippen LogP contribution in [-0.4, -0.2) is 15.8 Å². The van der Waals surface area contributed by atoms with E-state index >= 15 is 0 Å². The largest absolute Gasteiger partial charge is 0.353 e. The van der Waals surface area contributed by atoms with Gasteiger partial charge < -0.3 is 4.98 Å². The summed E-state index contributed by atoms with van der Waals surface area (Å²) in [5, 5.41) is 2.10. The van der Waals surface area contributed by atoms with Gasteiger partial charge in [0.15, 0.2) is 0 Å². The zero-order valence-electron chi connectivity index (χ0n) is 11.8. The second kappa shape index (κ2) is 5.58. The number of hydrogen-bond acceptors (Lipinski definition) is 2. The summed E-state index contributed by atoms with van der Waals surface area (Å²) in [5.41, 5.74) is 2.79. The first-order valence-electron chi connectivity index (χ1n) is 7.00. The normalized spacial score (nSPS) is 11.2. The van der Waals surface area contributed by atoms with Crippen molar-refractivity contribution in [1.29, 1.82) is 0 Å². The van der Waals surface area contributed by atoms with Gasteiger partial charge in [-0.3, -0.25) is 9.78 Å². The topological polar surface area (TPSA) is 45.8 Å². The molecule has 0 spiro atoms. The monoisotopic (exact) mass is 428 g/mol. The summed E-state index contributed by atoms with van der Waals surface area (Å²) in [6, 6.07) is 15.4. The van der Waals surface area contributed by atoms with E-state index in [1.807, 2.05) is 42.5 Å². The third kappa shape index (κ3) is 2.40. The lowest BCUT2D eigenvalue weighted by Crippen LogP contribution is -2.05. The van der Waals surface area contributed by atoms with Crippen LogP contribution in [-0.2, 0) is 0 Å². The second-order valence-corrected chi connectivity index (χ2v) is 6.98. The zero-order valence-corrected chi connectivity index (χ0v) is 15.0. The molecule has 2 aromatic carbocycles. The number of carbonyl (C=O) groups excluding carboxylic acids is 1. The van der Waals surface area contributed by atoms with Gasteiger partial charge in [0.05, 0.1) is 5.52 Å². The maximum absolute atomic E-state index is 12.9. The highest BCUT2D eigenvalue weighted by molar-refractivity contribution is 9.11. The van der Waals surface area contributed by atoms with Gasteiger partial charge in [0, 0.05) is 37.0 Å². The van der Waals surface area contributed by atoms with Crippen molar-refractivity contribution in [2.24, 2.45) is 0 Å². The number of H-pyrrole nitrogens is 1. The van der Waals surface area contributed by atoms with Crippen molar-refractivity contribution in [3.8, 4) is 0 Å². The molecule has 0 atom stereocenters. The third-order valence-electron chi connectivity index (χ3n) is 3.82. The number of rotatable bonds is 2. The Morgan fingerprint density at radius 3 is 2.65 bits per heavy atom. The van der Waals surface area contributed by atoms with E-state index in [2.05, 4.69) is 41.8 Å². The molecule has 0 aliphatic carbocycles. The number of pyridine rings is 1. The molecule has 0 radical (unpaired) electrons. The van der Waals surface area contributed by atoms with Crippen LogP contribution in [0, 0.1) is 0 Å². The molecule has 0 aliphatic rings. The van der Waals surface area contributed by atoms with Crippen molar-refractivity contribution >= 4 is 59.4 Å². The van der Waals surface area contributed by atoms with Gasteiger partial charge in [-0.15, -0.1) is 0 Å². The summed E-state index contributed by atoms with van der Waals surface area (Å²) in [7, 11) is 0. The molecule has 0 saturated heterocycles. The number of fused-ring (bicyclic) bond motifs is 3. The van der Waals surface area contributed by atoms with Crippen LogP contribution >= 0.6 is 31.9 Å². The molecule has 23 heavy (non-hydrogen) atoms. The van der Waals surface area contributed by atoms with Gasteiger partial charge in [0.1, 0.15) is 5.69 Å². The highest BCUT2D eigenvalue weighted by Gasteiger charge is 2.19. The van der Waals surface area contributed by atoms with Crippen LogP contribution in [0.5, 0.6) is 0 Å². The number of hydrogen-bond donors (Lipinski definition) is 1. The Balaban J connectivity index is 1.96. The molecule has 1 N–H and O–H groups in total. The highest BCUT2D eigenvalue weighted by Crippen LogP contribution is 2.29. The summed E-state index contributed by atoms with van der Waals surface area (Å²) < 4.78 is 1.66.